The van der Waals surface area contributed by atoms with Crippen molar-refractivity contribution in [2.75, 3.05) is 33.9 Å². The summed E-state index contributed by atoms with van der Waals surface area (Å²) in [4.78, 5) is 20.3. The van der Waals surface area contributed by atoms with Crippen LogP contribution in [-0.4, -0.2) is 59.9 Å². The summed E-state index contributed by atoms with van der Waals surface area (Å²) in [5.74, 6) is 0.975. The fourth-order valence-electron chi connectivity index (χ4n) is 8.68. The Morgan fingerprint density at radius 1 is 0.907 bits per heavy atom. The molecule has 306 valence electrons. The molecule has 1 aromatic heterocycles. The molecule has 0 fully saturated rings. The minimum atomic E-state index is -0.632. The van der Waals surface area contributed by atoms with Gasteiger partial charge in [0, 0.05) is 39.0 Å². The van der Waals surface area contributed by atoms with Gasteiger partial charge >= 0.3 is 5.97 Å². The molecule has 2 aromatic carbocycles. The molecule has 0 spiro atoms. The van der Waals surface area contributed by atoms with Crippen LogP contribution < -0.4 is 0 Å². The van der Waals surface area contributed by atoms with Gasteiger partial charge in [0.15, 0.2) is 0 Å². The maximum Gasteiger partial charge on any atom is 0.332 e. The number of nitrogens with zero attached hydrogens (tertiary/aromatic N) is 3. The number of methoxy groups -OCH3 is 1. The van der Waals surface area contributed by atoms with Gasteiger partial charge in [0.1, 0.15) is 23.8 Å². The number of carbonyl (C=O) groups excluding carboxylic acids is 1. The summed E-state index contributed by atoms with van der Waals surface area (Å²) in [5, 5.41) is 0. The molecule has 6 nitrogen and oxygen atoms in total. The van der Waals surface area contributed by atoms with Gasteiger partial charge < -0.3 is 18.9 Å². The molecule has 0 bridgehead atoms. The van der Waals surface area contributed by atoms with E-state index in [9.17, 15) is 9.18 Å². The summed E-state index contributed by atoms with van der Waals surface area (Å²) in [6, 6.07) is 13.8. The lowest BCUT2D eigenvalue weighted by molar-refractivity contribution is -0.172. The van der Waals surface area contributed by atoms with E-state index in [0.717, 1.165) is 55.5 Å². The van der Waals surface area contributed by atoms with Gasteiger partial charge in [-0.05, 0) is 87.0 Å². The lowest BCUT2D eigenvalue weighted by Crippen LogP contribution is -2.49. The van der Waals surface area contributed by atoms with E-state index in [-0.39, 0.29) is 55.0 Å². The van der Waals surface area contributed by atoms with Crippen molar-refractivity contribution >= 4 is 41.8 Å². The van der Waals surface area contributed by atoms with Gasteiger partial charge in [-0.25, -0.2) is 14.2 Å². The van der Waals surface area contributed by atoms with Crippen molar-refractivity contribution in [2.45, 2.75) is 161 Å². The monoisotopic (exact) mass is 791 g/mol. The molecule has 0 N–H and O–H groups in total. The summed E-state index contributed by atoms with van der Waals surface area (Å²) in [6.45, 7) is 9.53. The predicted molar refractivity (Wildman–Crippen MR) is 228 cm³/mol. The Kier molecular flexibility index (Phi) is 23.0. The molecule has 1 aliphatic carbocycles. The van der Waals surface area contributed by atoms with Gasteiger partial charge in [0.25, 0.3) is 0 Å². The molecule has 54 heavy (non-hydrogen) atoms. The molecule has 0 amide bonds. The Labute approximate surface area is 339 Å². The van der Waals surface area contributed by atoms with Crippen LogP contribution in [0.3, 0.4) is 0 Å². The zero-order valence-electron chi connectivity index (χ0n) is 34.2. The van der Waals surface area contributed by atoms with E-state index in [2.05, 4.69) is 61.6 Å². The molecular formula is C45H72Cl2FN3O3. The number of aryl methyl sites for hydroxylation is 3. The Hall–Kier alpha value is -2.19. The van der Waals surface area contributed by atoms with Crippen molar-refractivity contribution < 1.29 is 18.7 Å². The normalized spacial score (nSPS) is 16.7. The van der Waals surface area contributed by atoms with Gasteiger partial charge in [0.05, 0.1) is 11.0 Å². The van der Waals surface area contributed by atoms with Crippen LogP contribution in [0.25, 0.3) is 11.0 Å². The number of carbonyl (C=O) groups is 1. The number of ether oxygens (including phenoxy) is 2. The number of benzene rings is 2. The number of halogens is 3. The van der Waals surface area contributed by atoms with Crippen LogP contribution in [0.4, 0.5) is 4.39 Å². The first-order valence-corrected chi connectivity index (χ1v) is 20.9. The highest BCUT2D eigenvalue weighted by atomic mass is 35.5. The van der Waals surface area contributed by atoms with E-state index in [1.165, 1.54) is 108 Å². The fraction of sp³-hybridized carbons (Fsp3) is 0.689. The Morgan fingerprint density at radius 3 is 2.24 bits per heavy atom. The van der Waals surface area contributed by atoms with Gasteiger partial charge in [-0.1, -0.05) is 116 Å². The van der Waals surface area contributed by atoms with Crippen molar-refractivity contribution in [1.29, 1.82) is 0 Å². The first-order chi connectivity index (χ1) is 25.3. The van der Waals surface area contributed by atoms with Crippen molar-refractivity contribution in [3.8, 4) is 0 Å². The van der Waals surface area contributed by atoms with E-state index in [0.29, 0.717) is 12.8 Å². The molecule has 0 saturated heterocycles. The highest BCUT2D eigenvalue weighted by molar-refractivity contribution is 5.85. The SMILES string of the molecule is CCCCCCCCCCCCn1c(CCCCCCCN(C)CC[C@@]2(OC(=O)COC)CCc3cc(F)ccc3[C@@H]2C(C)C)nc2ccccc21.Cl.Cl. The highest BCUT2D eigenvalue weighted by Crippen LogP contribution is 2.48. The number of rotatable bonds is 26. The molecule has 0 saturated carbocycles. The molecular weight excluding hydrogens is 720 g/mol. The van der Waals surface area contributed by atoms with Crippen LogP contribution in [-0.2, 0) is 33.7 Å². The number of imidazole rings is 1. The van der Waals surface area contributed by atoms with Gasteiger partial charge in [-0.3, -0.25) is 0 Å². The number of para-hydroxylation sites is 2. The third kappa shape index (κ3) is 14.7. The quantitative estimate of drug-likeness (QED) is 0.0599. The molecule has 1 heterocycles. The average Bonchev–Trinajstić information content (AvgIpc) is 3.48. The molecule has 2 atom stereocenters. The maximum atomic E-state index is 14.1. The second-order valence-corrected chi connectivity index (χ2v) is 16.0. The minimum absolute atomic E-state index is 0. The van der Waals surface area contributed by atoms with Crippen molar-refractivity contribution in [1.82, 2.24) is 14.5 Å². The van der Waals surface area contributed by atoms with Gasteiger partial charge in [0.2, 0.25) is 0 Å². The summed E-state index contributed by atoms with van der Waals surface area (Å²) in [7, 11) is 3.71. The molecule has 0 unspecified atom stereocenters. The van der Waals surface area contributed by atoms with Crippen LogP contribution in [0.15, 0.2) is 42.5 Å². The van der Waals surface area contributed by atoms with Crippen LogP contribution in [0.2, 0.25) is 0 Å². The Balaban J connectivity index is 0.00000504. The minimum Gasteiger partial charge on any atom is -0.457 e. The largest absolute Gasteiger partial charge is 0.457 e. The Bertz CT molecular complexity index is 1480. The van der Waals surface area contributed by atoms with E-state index in [4.69, 9.17) is 14.5 Å². The standard InChI is InChI=1S/C45H70FN3O3.2ClH/c1-6-7-8-9-10-11-12-13-17-22-32-49-41-24-20-19-23-40(41)47-42(49)25-18-15-14-16-21-31-48(4)33-30-45(52-43(50)35-51-5)29-28-37-34-38(46)26-27-39(37)44(45)36(2)3;;/h19-20,23-24,26-27,34,36,44H,6-18,21-22,25,28-33,35H2,1-5H3;2*1H/t44-,45-;;/m0../s1. The molecule has 4 rings (SSSR count). The number of esters is 1. The van der Waals surface area contributed by atoms with Crippen LogP contribution in [0, 0.1) is 11.7 Å². The highest BCUT2D eigenvalue weighted by Gasteiger charge is 2.47. The van der Waals surface area contributed by atoms with Crippen molar-refractivity contribution in [3.05, 3.63) is 65.2 Å². The van der Waals surface area contributed by atoms with Crippen molar-refractivity contribution in [3.63, 3.8) is 0 Å². The molecule has 0 radical (unpaired) electrons. The lowest BCUT2D eigenvalue weighted by Gasteiger charge is -2.47. The number of aromatic nitrogens is 2. The molecule has 9 heteroatoms. The van der Waals surface area contributed by atoms with E-state index >= 15 is 0 Å². The number of unbranched alkanes of at least 4 members (excludes halogenated alkanes) is 13. The van der Waals surface area contributed by atoms with E-state index in [1.807, 2.05) is 6.07 Å². The average molecular weight is 793 g/mol. The first kappa shape index (κ1) is 48.0. The summed E-state index contributed by atoms with van der Waals surface area (Å²) >= 11 is 0. The maximum absolute atomic E-state index is 14.1. The number of hydrogen-bond donors (Lipinski definition) is 0. The fourth-order valence-corrected chi connectivity index (χ4v) is 8.68. The molecule has 3 aromatic rings. The third-order valence-electron chi connectivity index (χ3n) is 11.4. The summed E-state index contributed by atoms with van der Waals surface area (Å²) in [6.07, 6.45) is 22.8. The van der Waals surface area contributed by atoms with E-state index < -0.39 is 5.60 Å². The van der Waals surface area contributed by atoms with Crippen molar-refractivity contribution in [2.24, 2.45) is 5.92 Å². The summed E-state index contributed by atoms with van der Waals surface area (Å²) < 4.78 is 28.1. The molecule has 0 aliphatic heterocycles. The second-order valence-electron chi connectivity index (χ2n) is 16.0. The topological polar surface area (TPSA) is 56.6 Å². The smallest absolute Gasteiger partial charge is 0.332 e. The Morgan fingerprint density at radius 2 is 1.56 bits per heavy atom. The van der Waals surface area contributed by atoms with Crippen LogP contribution in [0.1, 0.15) is 153 Å². The molecule has 1 aliphatic rings. The van der Waals surface area contributed by atoms with E-state index in [1.54, 1.807) is 12.1 Å². The first-order valence-electron chi connectivity index (χ1n) is 20.9. The zero-order valence-corrected chi connectivity index (χ0v) is 35.9. The third-order valence-corrected chi connectivity index (χ3v) is 11.4. The number of fused-ring (bicyclic) bond motifs is 2. The zero-order chi connectivity index (χ0) is 37.2. The van der Waals surface area contributed by atoms with Gasteiger partial charge in [-0.15, -0.1) is 24.8 Å². The van der Waals surface area contributed by atoms with Crippen LogP contribution in [0.5, 0.6) is 0 Å². The summed E-state index contributed by atoms with van der Waals surface area (Å²) in [5.41, 5.74) is 3.95. The lowest BCUT2D eigenvalue weighted by atomic mass is 9.65. The second kappa shape index (κ2) is 25.9. The van der Waals surface area contributed by atoms with Crippen LogP contribution >= 0.6 is 24.8 Å². The van der Waals surface area contributed by atoms with Gasteiger partial charge in [-0.2, -0.15) is 0 Å². The number of hydrogen-bond acceptors (Lipinski definition) is 5. The predicted octanol–water partition coefficient (Wildman–Crippen LogP) is 12.1.